The summed E-state index contributed by atoms with van der Waals surface area (Å²) in [7, 11) is 0. The molecular formula is C30H24ClN3O3S. The summed E-state index contributed by atoms with van der Waals surface area (Å²) in [5.74, 6) is 1.75. The second kappa shape index (κ2) is 11.0. The summed E-state index contributed by atoms with van der Waals surface area (Å²) in [6, 6.07) is 24.5. The number of hydrogen-bond donors (Lipinski definition) is 2. The van der Waals surface area contributed by atoms with Gasteiger partial charge < -0.3 is 14.2 Å². The second-order valence-electron chi connectivity index (χ2n) is 8.97. The molecule has 190 valence electrons. The van der Waals surface area contributed by atoms with Crippen molar-refractivity contribution in [2.24, 2.45) is 0 Å². The Morgan fingerprint density at radius 2 is 1.79 bits per heavy atom. The van der Waals surface area contributed by atoms with Crippen LogP contribution in [0.15, 0.2) is 93.8 Å². The fourth-order valence-corrected chi connectivity index (χ4v) is 4.19. The van der Waals surface area contributed by atoms with Gasteiger partial charge in [-0.3, -0.25) is 10.1 Å². The zero-order chi connectivity index (χ0) is 26.6. The number of oxazole rings is 1. The lowest BCUT2D eigenvalue weighted by Crippen LogP contribution is -2.32. The van der Waals surface area contributed by atoms with Crippen molar-refractivity contribution < 1.29 is 13.6 Å². The summed E-state index contributed by atoms with van der Waals surface area (Å²) in [4.78, 5) is 17.0. The zero-order valence-electron chi connectivity index (χ0n) is 20.7. The van der Waals surface area contributed by atoms with Gasteiger partial charge in [-0.05, 0) is 96.5 Å². The summed E-state index contributed by atoms with van der Waals surface area (Å²) >= 11 is 11.3. The van der Waals surface area contributed by atoms with Crippen LogP contribution in [-0.4, -0.2) is 16.0 Å². The lowest BCUT2D eigenvalue weighted by molar-refractivity contribution is -0.115. The molecule has 2 heterocycles. The maximum Gasteiger partial charge on any atom is 0.250 e. The number of nitrogens with one attached hydrogen (secondary N) is 2. The first kappa shape index (κ1) is 25.4. The Labute approximate surface area is 230 Å². The van der Waals surface area contributed by atoms with Crippen LogP contribution in [-0.2, 0) is 4.79 Å². The highest BCUT2D eigenvalue weighted by molar-refractivity contribution is 7.80. The van der Waals surface area contributed by atoms with Gasteiger partial charge in [-0.25, -0.2) is 4.98 Å². The number of benzene rings is 3. The molecule has 0 unspecified atom stereocenters. The van der Waals surface area contributed by atoms with E-state index in [1.165, 1.54) is 11.6 Å². The molecule has 8 heteroatoms. The molecule has 0 aliphatic carbocycles. The van der Waals surface area contributed by atoms with Crippen LogP contribution < -0.4 is 10.6 Å². The molecule has 0 spiro atoms. The van der Waals surface area contributed by atoms with Crippen LogP contribution in [0.3, 0.4) is 0 Å². The minimum absolute atomic E-state index is 0.164. The van der Waals surface area contributed by atoms with E-state index in [0.29, 0.717) is 34.0 Å². The van der Waals surface area contributed by atoms with Crippen LogP contribution in [0.1, 0.15) is 31.1 Å². The van der Waals surface area contributed by atoms with E-state index in [4.69, 9.17) is 32.7 Å². The number of halogens is 1. The number of thiocarbonyl (C=S) groups is 1. The van der Waals surface area contributed by atoms with Gasteiger partial charge >= 0.3 is 0 Å². The number of furan rings is 1. The van der Waals surface area contributed by atoms with Gasteiger partial charge in [0.1, 0.15) is 17.0 Å². The summed E-state index contributed by atoms with van der Waals surface area (Å²) in [6.07, 6.45) is 2.94. The normalized spacial score (nSPS) is 11.4. The molecule has 0 saturated carbocycles. The number of nitrogens with zero attached hydrogens (tertiary/aromatic N) is 1. The molecule has 0 bridgehead atoms. The Hall–Kier alpha value is -4.20. The van der Waals surface area contributed by atoms with Gasteiger partial charge in [0.2, 0.25) is 11.8 Å². The Morgan fingerprint density at radius 3 is 2.58 bits per heavy atom. The Balaban J connectivity index is 1.20. The quantitative estimate of drug-likeness (QED) is 0.167. The van der Waals surface area contributed by atoms with E-state index in [1.807, 2.05) is 48.5 Å². The van der Waals surface area contributed by atoms with Crippen LogP contribution in [0, 0.1) is 0 Å². The molecule has 0 atom stereocenters. The highest BCUT2D eigenvalue weighted by Crippen LogP contribution is 2.28. The first-order valence-corrected chi connectivity index (χ1v) is 12.8. The van der Waals surface area contributed by atoms with Crippen LogP contribution in [0.4, 0.5) is 5.69 Å². The number of carbonyl (C=O) groups is 1. The minimum atomic E-state index is -0.386. The van der Waals surface area contributed by atoms with E-state index in [9.17, 15) is 4.79 Å². The third-order valence-electron chi connectivity index (χ3n) is 5.84. The second-order valence-corrected chi connectivity index (χ2v) is 9.81. The number of amides is 1. The zero-order valence-corrected chi connectivity index (χ0v) is 22.3. The van der Waals surface area contributed by atoms with Gasteiger partial charge in [-0.2, -0.15) is 0 Å². The molecule has 5 aromatic rings. The summed E-state index contributed by atoms with van der Waals surface area (Å²) in [6.45, 7) is 4.29. The number of rotatable bonds is 6. The number of carbonyl (C=O) groups excluding carboxylic acids is 1. The van der Waals surface area contributed by atoms with Crippen molar-refractivity contribution in [1.29, 1.82) is 0 Å². The molecule has 38 heavy (non-hydrogen) atoms. The average Bonchev–Trinajstić information content (AvgIpc) is 3.55. The smallest absolute Gasteiger partial charge is 0.250 e. The standard InChI is InChI=1S/C30H24ClN3O3S/c1-18(2)20-8-13-27-25(17-20)33-29(37-27)21-4-3-5-23(16-21)32-30(38)34-28(35)15-12-24-11-14-26(36-24)19-6-9-22(31)10-7-19/h3-18H,1-2H3,(H2,32,34,35,38). The van der Waals surface area contributed by atoms with E-state index in [1.54, 1.807) is 24.3 Å². The Morgan fingerprint density at radius 1 is 0.974 bits per heavy atom. The van der Waals surface area contributed by atoms with Crippen molar-refractivity contribution in [3.8, 4) is 22.8 Å². The van der Waals surface area contributed by atoms with E-state index in [-0.39, 0.29) is 11.0 Å². The molecule has 1 amide bonds. The fourth-order valence-electron chi connectivity index (χ4n) is 3.84. The van der Waals surface area contributed by atoms with Crippen LogP contribution in [0.25, 0.3) is 40.0 Å². The van der Waals surface area contributed by atoms with Crippen molar-refractivity contribution in [1.82, 2.24) is 10.3 Å². The predicted molar refractivity (Wildman–Crippen MR) is 156 cm³/mol. The average molecular weight is 542 g/mol. The Bertz CT molecular complexity index is 1650. The van der Waals surface area contributed by atoms with E-state index < -0.39 is 0 Å². The van der Waals surface area contributed by atoms with Gasteiger partial charge in [-0.15, -0.1) is 0 Å². The predicted octanol–water partition coefficient (Wildman–Crippen LogP) is 8.06. The summed E-state index contributed by atoms with van der Waals surface area (Å²) in [5, 5.41) is 6.49. The monoisotopic (exact) mass is 541 g/mol. The third-order valence-corrected chi connectivity index (χ3v) is 6.29. The number of hydrogen-bond acceptors (Lipinski definition) is 5. The molecular weight excluding hydrogens is 518 g/mol. The molecule has 2 aromatic heterocycles. The maximum absolute atomic E-state index is 12.4. The van der Waals surface area contributed by atoms with Crippen LogP contribution >= 0.6 is 23.8 Å². The largest absolute Gasteiger partial charge is 0.457 e. The van der Waals surface area contributed by atoms with E-state index in [0.717, 1.165) is 22.2 Å². The molecule has 0 aliphatic heterocycles. The highest BCUT2D eigenvalue weighted by Gasteiger charge is 2.11. The van der Waals surface area contributed by atoms with E-state index >= 15 is 0 Å². The molecule has 2 N–H and O–H groups in total. The molecule has 3 aromatic carbocycles. The van der Waals surface area contributed by atoms with Gasteiger partial charge in [0.05, 0.1) is 0 Å². The molecule has 5 rings (SSSR count). The number of aromatic nitrogens is 1. The van der Waals surface area contributed by atoms with Crippen molar-refractivity contribution in [3.05, 3.63) is 101 Å². The highest BCUT2D eigenvalue weighted by atomic mass is 35.5. The lowest BCUT2D eigenvalue weighted by Gasteiger charge is -2.08. The van der Waals surface area contributed by atoms with Crippen LogP contribution in [0.2, 0.25) is 5.02 Å². The SMILES string of the molecule is CC(C)c1ccc2oc(-c3cccc(NC(=S)NC(=O)C=Cc4ccc(-c5ccc(Cl)cc5)o4)c3)nc2c1. The third kappa shape index (κ3) is 6.02. The molecule has 0 fully saturated rings. The molecule has 0 saturated heterocycles. The summed E-state index contributed by atoms with van der Waals surface area (Å²) < 4.78 is 11.7. The fraction of sp³-hybridized carbons (Fsp3) is 0.100. The first-order valence-electron chi connectivity index (χ1n) is 12.0. The molecule has 0 aliphatic rings. The molecule has 6 nitrogen and oxygen atoms in total. The maximum atomic E-state index is 12.4. The Kier molecular flexibility index (Phi) is 7.40. The number of anilines is 1. The van der Waals surface area contributed by atoms with Crippen molar-refractivity contribution in [2.45, 2.75) is 19.8 Å². The number of fused-ring (bicyclic) bond motifs is 1. The lowest BCUT2D eigenvalue weighted by atomic mass is 10.0. The van der Waals surface area contributed by atoms with Crippen molar-refractivity contribution >= 4 is 57.7 Å². The van der Waals surface area contributed by atoms with Crippen molar-refractivity contribution in [3.63, 3.8) is 0 Å². The topological polar surface area (TPSA) is 80.3 Å². The minimum Gasteiger partial charge on any atom is -0.457 e. The van der Waals surface area contributed by atoms with Gasteiger partial charge in [0, 0.05) is 27.9 Å². The van der Waals surface area contributed by atoms with Crippen LogP contribution in [0.5, 0.6) is 0 Å². The van der Waals surface area contributed by atoms with Crippen molar-refractivity contribution in [2.75, 3.05) is 5.32 Å². The van der Waals surface area contributed by atoms with Gasteiger partial charge in [0.25, 0.3) is 0 Å². The van der Waals surface area contributed by atoms with E-state index in [2.05, 4.69) is 41.6 Å². The molecule has 0 radical (unpaired) electrons. The first-order chi connectivity index (χ1) is 18.3. The summed E-state index contributed by atoms with van der Waals surface area (Å²) in [5.41, 5.74) is 5.13. The van der Waals surface area contributed by atoms with Gasteiger partial charge in [-0.1, -0.05) is 37.6 Å². The van der Waals surface area contributed by atoms with Gasteiger partial charge in [0.15, 0.2) is 10.7 Å².